The zero-order valence-electron chi connectivity index (χ0n) is 16.0. The number of guanidine groups is 1. The second-order valence-electron chi connectivity index (χ2n) is 5.92. The maximum atomic E-state index is 13.2. The Balaban J connectivity index is 1.90. The van der Waals surface area contributed by atoms with E-state index in [1.165, 1.54) is 7.05 Å². The van der Waals surface area contributed by atoms with Crippen LogP contribution in [0, 0.1) is 5.82 Å². The van der Waals surface area contributed by atoms with Crippen LogP contribution >= 0.6 is 0 Å². The number of halogens is 4. The summed E-state index contributed by atoms with van der Waals surface area (Å²) in [4.78, 5) is 8.13. The van der Waals surface area contributed by atoms with Crippen LogP contribution in [-0.4, -0.2) is 38.3 Å². The predicted molar refractivity (Wildman–Crippen MR) is 100 cm³/mol. The molecule has 0 unspecified atom stereocenters. The van der Waals surface area contributed by atoms with Crippen molar-refractivity contribution >= 4 is 5.96 Å². The van der Waals surface area contributed by atoms with E-state index in [0.717, 1.165) is 17.7 Å². The summed E-state index contributed by atoms with van der Waals surface area (Å²) in [5.41, 5.74) is -0.278. The van der Waals surface area contributed by atoms with E-state index >= 15 is 0 Å². The van der Waals surface area contributed by atoms with Gasteiger partial charge in [-0.25, -0.2) is 9.37 Å². The van der Waals surface area contributed by atoms with Gasteiger partial charge >= 0.3 is 6.18 Å². The number of pyridine rings is 1. The molecule has 0 saturated heterocycles. The van der Waals surface area contributed by atoms with Crippen molar-refractivity contribution in [3.8, 4) is 5.88 Å². The molecule has 0 spiro atoms. The van der Waals surface area contributed by atoms with Gasteiger partial charge in [-0.2, -0.15) is 13.2 Å². The second-order valence-corrected chi connectivity index (χ2v) is 5.92. The summed E-state index contributed by atoms with van der Waals surface area (Å²) in [7, 11) is 3.07. The van der Waals surface area contributed by atoms with E-state index in [4.69, 9.17) is 9.47 Å². The highest BCUT2D eigenvalue weighted by molar-refractivity contribution is 5.79. The molecule has 0 fully saturated rings. The Morgan fingerprint density at radius 3 is 2.48 bits per heavy atom. The number of methoxy groups -OCH3 is 1. The third kappa shape index (κ3) is 7.22. The Labute approximate surface area is 166 Å². The van der Waals surface area contributed by atoms with Gasteiger partial charge in [0.2, 0.25) is 5.88 Å². The molecule has 0 aliphatic rings. The lowest BCUT2D eigenvalue weighted by atomic mass is 10.1. The fourth-order valence-corrected chi connectivity index (χ4v) is 2.38. The van der Waals surface area contributed by atoms with Gasteiger partial charge in [0.15, 0.2) is 5.96 Å². The Bertz CT molecular complexity index is 811. The number of aromatic nitrogens is 1. The predicted octanol–water partition coefficient (Wildman–Crippen LogP) is 3.13. The molecule has 158 valence electrons. The molecule has 2 N–H and O–H groups in total. The number of ether oxygens (including phenoxy) is 2. The largest absolute Gasteiger partial charge is 0.475 e. The smallest absolute Gasteiger partial charge is 0.416 e. The van der Waals surface area contributed by atoms with E-state index in [2.05, 4.69) is 20.6 Å². The highest BCUT2D eigenvalue weighted by Gasteiger charge is 2.33. The van der Waals surface area contributed by atoms with Crippen LogP contribution in [0.15, 0.2) is 41.5 Å². The lowest BCUT2D eigenvalue weighted by Crippen LogP contribution is -2.36. The number of nitrogens with zero attached hydrogens (tertiary/aromatic N) is 2. The van der Waals surface area contributed by atoms with Crippen molar-refractivity contribution in [1.82, 2.24) is 15.6 Å². The van der Waals surface area contributed by atoms with Crippen LogP contribution in [-0.2, 0) is 24.0 Å². The number of benzene rings is 1. The Kier molecular flexibility index (Phi) is 8.20. The second kappa shape index (κ2) is 10.6. The zero-order chi connectivity index (χ0) is 21.3. The minimum atomic E-state index is -4.64. The van der Waals surface area contributed by atoms with E-state index in [-0.39, 0.29) is 12.1 Å². The Hall–Kier alpha value is -2.88. The molecule has 0 aliphatic heterocycles. The van der Waals surface area contributed by atoms with Gasteiger partial charge in [0.1, 0.15) is 12.4 Å². The van der Waals surface area contributed by atoms with Gasteiger partial charge in [-0.3, -0.25) is 4.99 Å². The molecule has 0 atom stereocenters. The highest BCUT2D eigenvalue weighted by atomic mass is 19.4. The number of aliphatic imine (C=N–C) groups is 1. The molecule has 29 heavy (non-hydrogen) atoms. The van der Waals surface area contributed by atoms with Gasteiger partial charge in [0.25, 0.3) is 0 Å². The molecule has 2 aromatic rings. The van der Waals surface area contributed by atoms with E-state index in [9.17, 15) is 17.6 Å². The quantitative estimate of drug-likeness (QED) is 0.301. The zero-order valence-corrected chi connectivity index (χ0v) is 16.0. The van der Waals surface area contributed by atoms with Crippen LogP contribution in [0.3, 0.4) is 0 Å². The summed E-state index contributed by atoms with van der Waals surface area (Å²) in [6, 6.07) is 6.08. The maximum absolute atomic E-state index is 13.2. The van der Waals surface area contributed by atoms with Gasteiger partial charge < -0.3 is 20.1 Å². The lowest BCUT2D eigenvalue weighted by molar-refractivity contribution is -0.138. The van der Waals surface area contributed by atoms with Crippen LogP contribution in [0.2, 0.25) is 0 Å². The van der Waals surface area contributed by atoms with E-state index in [1.54, 1.807) is 25.4 Å². The molecule has 1 heterocycles. The first kappa shape index (κ1) is 22.4. The van der Waals surface area contributed by atoms with Gasteiger partial charge in [0.05, 0.1) is 12.2 Å². The van der Waals surface area contributed by atoms with Crippen LogP contribution in [0.1, 0.15) is 16.7 Å². The standard InChI is InChI=1S/C19H22F4N4O2/c1-24-18(26-11-13-3-6-17(25-10-13)29-8-7-28-2)27-12-14-4-5-15(20)9-16(14)19(21,22)23/h3-6,9-10H,7-8,11-12H2,1-2H3,(H2,24,26,27). The fourth-order valence-electron chi connectivity index (χ4n) is 2.38. The van der Waals surface area contributed by atoms with Crippen molar-refractivity contribution in [2.75, 3.05) is 27.4 Å². The van der Waals surface area contributed by atoms with Gasteiger partial charge in [-0.05, 0) is 23.3 Å². The third-order valence-electron chi connectivity index (χ3n) is 3.84. The first-order chi connectivity index (χ1) is 13.8. The molecule has 10 heteroatoms. The van der Waals surface area contributed by atoms with Crippen molar-refractivity contribution in [2.24, 2.45) is 4.99 Å². The van der Waals surface area contributed by atoms with Crippen molar-refractivity contribution in [3.05, 3.63) is 59.0 Å². The average Bonchev–Trinajstić information content (AvgIpc) is 2.69. The van der Waals surface area contributed by atoms with Crippen LogP contribution in [0.5, 0.6) is 5.88 Å². The highest BCUT2D eigenvalue weighted by Crippen LogP contribution is 2.32. The van der Waals surface area contributed by atoms with Crippen LogP contribution in [0.4, 0.5) is 17.6 Å². The van der Waals surface area contributed by atoms with Crippen molar-refractivity contribution < 1.29 is 27.0 Å². The maximum Gasteiger partial charge on any atom is 0.416 e. The van der Waals surface area contributed by atoms with E-state index in [1.807, 2.05) is 0 Å². The molecule has 1 aromatic carbocycles. The fraction of sp³-hybridized carbons (Fsp3) is 0.368. The van der Waals surface area contributed by atoms with Crippen LogP contribution < -0.4 is 15.4 Å². The van der Waals surface area contributed by atoms with E-state index in [0.29, 0.717) is 37.7 Å². The van der Waals surface area contributed by atoms with Crippen molar-refractivity contribution in [3.63, 3.8) is 0 Å². The summed E-state index contributed by atoms with van der Waals surface area (Å²) < 4.78 is 62.7. The topological polar surface area (TPSA) is 67.8 Å². The first-order valence-electron chi connectivity index (χ1n) is 8.70. The lowest BCUT2D eigenvalue weighted by Gasteiger charge is -2.16. The van der Waals surface area contributed by atoms with E-state index < -0.39 is 17.6 Å². The van der Waals surface area contributed by atoms with Gasteiger partial charge in [-0.15, -0.1) is 0 Å². The number of alkyl halides is 3. The number of hydrogen-bond donors (Lipinski definition) is 2. The summed E-state index contributed by atoms with van der Waals surface area (Å²) in [5, 5.41) is 5.77. The van der Waals surface area contributed by atoms with Crippen LogP contribution in [0.25, 0.3) is 0 Å². The van der Waals surface area contributed by atoms with Crippen molar-refractivity contribution in [1.29, 1.82) is 0 Å². The number of nitrogens with one attached hydrogen (secondary N) is 2. The SMILES string of the molecule is CN=C(NCc1ccc(OCCOC)nc1)NCc1ccc(F)cc1C(F)(F)F. The number of rotatable bonds is 8. The Morgan fingerprint density at radius 2 is 1.86 bits per heavy atom. The minimum absolute atomic E-state index is 0.0823. The molecule has 0 amide bonds. The monoisotopic (exact) mass is 414 g/mol. The molecule has 0 radical (unpaired) electrons. The molecule has 0 aliphatic carbocycles. The summed E-state index contributed by atoms with van der Waals surface area (Å²) in [5.74, 6) is -0.183. The summed E-state index contributed by atoms with van der Waals surface area (Å²) in [6.07, 6.45) is -3.03. The Morgan fingerprint density at radius 1 is 1.10 bits per heavy atom. The first-order valence-corrected chi connectivity index (χ1v) is 8.70. The molecule has 6 nitrogen and oxygen atoms in total. The average molecular weight is 414 g/mol. The molecule has 0 saturated carbocycles. The van der Waals surface area contributed by atoms with Gasteiger partial charge in [0, 0.05) is 39.5 Å². The normalized spacial score (nSPS) is 12.0. The molecule has 1 aromatic heterocycles. The molecular weight excluding hydrogens is 392 g/mol. The summed E-state index contributed by atoms with van der Waals surface area (Å²) >= 11 is 0. The third-order valence-corrected chi connectivity index (χ3v) is 3.84. The molecule has 0 bridgehead atoms. The number of hydrogen-bond acceptors (Lipinski definition) is 4. The van der Waals surface area contributed by atoms with Gasteiger partial charge in [-0.1, -0.05) is 12.1 Å². The molecular formula is C19H22F4N4O2. The minimum Gasteiger partial charge on any atom is -0.475 e. The molecule has 2 rings (SSSR count). The summed E-state index contributed by atoms with van der Waals surface area (Å²) in [6.45, 7) is 1.03. The van der Waals surface area contributed by atoms with Crippen molar-refractivity contribution in [2.45, 2.75) is 19.3 Å².